The molecule has 2 aromatic rings. The Morgan fingerprint density at radius 2 is 1.96 bits per heavy atom. The second kappa shape index (κ2) is 9.01. The lowest BCUT2D eigenvalue weighted by atomic mass is 10.1. The number of benzene rings is 1. The normalized spacial score (nSPS) is 14.0. The van der Waals surface area contributed by atoms with E-state index in [1.807, 2.05) is 0 Å². The number of anilines is 1. The van der Waals surface area contributed by atoms with Crippen LogP contribution in [0.4, 0.5) is 5.69 Å². The lowest BCUT2D eigenvalue weighted by Crippen LogP contribution is -2.43. The highest BCUT2D eigenvalue weighted by Gasteiger charge is 2.13. The number of nitrogens with one attached hydrogen (secondary N) is 2. The maximum absolute atomic E-state index is 8.15. The number of aromatic nitrogens is 2. The van der Waals surface area contributed by atoms with Gasteiger partial charge in [0.05, 0.1) is 16.9 Å². The van der Waals surface area contributed by atoms with Gasteiger partial charge in [-0.1, -0.05) is 13.3 Å². The topological polar surface area (TPSA) is 64.9 Å². The Balaban J connectivity index is 0.00000132. The smallest absolute Gasteiger partial charge is 0.116 e. The highest BCUT2D eigenvalue weighted by atomic mass is 35.5. The molecule has 126 valence electrons. The van der Waals surface area contributed by atoms with Crippen LogP contribution in [0.25, 0.3) is 10.9 Å². The number of rotatable bonds is 4. The Hall–Kier alpha value is -1.43. The van der Waals surface area contributed by atoms with Crippen LogP contribution in [0.1, 0.15) is 25.5 Å². The quantitative estimate of drug-likeness (QED) is 0.827. The number of nitrogens with zero attached hydrogens (tertiary/aromatic N) is 3. The summed E-state index contributed by atoms with van der Waals surface area (Å²) < 4.78 is 0. The van der Waals surface area contributed by atoms with Crippen LogP contribution in [0.5, 0.6) is 0 Å². The van der Waals surface area contributed by atoms with Crippen molar-refractivity contribution in [3.8, 4) is 0 Å². The average molecular weight is 356 g/mol. The second-order valence-corrected chi connectivity index (χ2v) is 5.39. The van der Waals surface area contributed by atoms with Gasteiger partial charge < -0.3 is 15.6 Å². The van der Waals surface area contributed by atoms with Gasteiger partial charge in [0.2, 0.25) is 0 Å². The third-order valence-electron chi connectivity index (χ3n) is 3.89. The molecule has 0 aliphatic carbocycles. The molecule has 0 atom stereocenters. The van der Waals surface area contributed by atoms with Crippen LogP contribution in [0, 0.1) is 5.41 Å². The molecule has 0 radical (unpaired) electrons. The highest BCUT2D eigenvalue weighted by molar-refractivity contribution is 6.07. The first-order valence-electron chi connectivity index (χ1n) is 7.58. The van der Waals surface area contributed by atoms with Crippen molar-refractivity contribution in [2.75, 3.05) is 31.1 Å². The summed E-state index contributed by atoms with van der Waals surface area (Å²) in [6.45, 7) is 6.17. The van der Waals surface area contributed by atoms with Gasteiger partial charge in [-0.25, -0.2) is 9.97 Å². The molecular weight excluding hydrogens is 333 g/mol. The summed E-state index contributed by atoms with van der Waals surface area (Å²) in [6, 6.07) is 6.30. The van der Waals surface area contributed by atoms with Crippen LogP contribution >= 0.6 is 24.8 Å². The van der Waals surface area contributed by atoms with Gasteiger partial charge in [-0.2, -0.15) is 0 Å². The van der Waals surface area contributed by atoms with Gasteiger partial charge in [-0.15, -0.1) is 24.8 Å². The molecule has 1 fully saturated rings. The molecule has 0 bridgehead atoms. The monoisotopic (exact) mass is 355 g/mol. The predicted molar refractivity (Wildman–Crippen MR) is 101 cm³/mol. The first kappa shape index (κ1) is 19.6. The largest absolute Gasteiger partial charge is 0.369 e. The summed E-state index contributed by atoms with van der Waals surface area (Å²) in [7, 11) is 0. The van der Waals surface area contributed by atoms with Crippen molar-refractivity contribution in [1.82, 2.24) is 15.3 Å². The molecule has 5 nitrogen and oxygen atoms in total. The van der Waals surface area contributed by atoms with Gasteiger partial charge >= 0.3 is 0 Å². The Kier molecular flexibility index (Phi) is 7.68. The lowest BCUT2D eigenvalue weighted by Gasteiger charge is -2.29. The zero-order valence-electron chi connectivity index (χ0n) is 13.2. The first-order chi connectivity index (χ1) is 10.3. The predicted octanol–water partition coefficient (Wildman–Crippen LogP) is 3.05. The van der Waals surface area contributed by atoms with E-state index in [1.165, 1.54) is 5.69 Å². The van der Waals surface area contributed by atoms with Crippen LogP contribution < -0.4 is 10.2 Å². The number of halogens is 2. The van der Waals surface area contributed by atoms with Gasteiger partial charge in [0, 0.05) is 37.3 Å². The van der Waals surface area contributed by atoms with E-state index in [2.05, 4.69) is 45.3 Å². The van der Waals surface area contributed by atoms with E-state index in [0.29, 0.717) is 5.71 Å². The van der Waals surface area contributed by atoms with Crippen LogP contribution in [-0.2, 0) is 0 Å². The molecule has 0 spiro atoms. The molecule has 1 aromatic heterocycles. The van der Waals surface area contributed by atoms with Crippen LogP contribution in [0.2, 0.25) is 0 Å². The summed E-state index contributed by atoms with van der Waals surface area (Å²) in [6.07, 6.45) is 3.29. The molecule has 0 amide bonds. The molecule has 2 heterocycles. The van der Waals surface area contributed by atoms with E-state index >= 15 is 0 Å². The number of hydrogen-bond acceptors (Lipinski definition) is 5. The molecule has 0 saturated carbocycles. The van der Waals surface area contributed by atoms with Crippen molar-refractivity contribution in [2.45, 2.75) is 19.8 Å². The fourth-order valence-electron chi connectivity index (χ4n) is 2.77. The molecule has 2 N–H and O–H groups in total. The second-order valence-electron chi connectivity index (χ2n) is 5.39. The zero-order valence-corrected chi connectivity index (χ0v) is 14.8. The molecule has 7 heteroatoms. The van der Waals surface area contributed by atoms with Crippen LogP contribution in [-0.4, -0.2) is 41.9 Å². The molecule has 23 heavy (non-hydrogen) atoms. The number of hydrogen-bond donors (Lipinski definition) is 2. The van der Waals surface area contributed by atoms with Gasteiger partial charge in [0.1, 0.15) is 6.33 Å². The van der Waals surface area contributed by atoms with E-state index in [-0.39, 0.29) is 24.8 Å². The molecule has 1 aromatic carbocycles. The fourth-order valence-corrected chi connectivity index (χ4v) is 2.77. The zero-order chi connectivity index (χ0) is 14.7. The Morgan fingerprint density at radius 3 is 2.65 bits per heavy atom. The first-order valence-corrected chi connectivity index (χ1v) is 7.58. The van der Waals surface area contributed by atoms with E-state index in [1.54, 1.807) is 6.33 Å². The minimum atomic E-state index is 0. The molecule has 0 unspecified atom stereocenters. The highest BCUT2D eigenvalue weighted by Crippen LogP contribution is 2.23. The maximum Gasteiger partial charge on any atom is 0.116 e. The van der Waals surface area contributed by atoms with Gasteiger partial charge in [-0.3, -0.25) is 0 Å². The summed E-state index contributed by atoms with van der Waals surface area (Å²) in [5, 5.41) is 12.5. The summed E-state index contributed by atoms with van der Waals surface area (Å²) in [5.41, 5.74) is 3.50. The Bertz CT molecular complexity index is 656. The van der Waals surface area contributed by atoms with Crippen molar-refractivity contribution in [1.29, 1.82) is 5.41 Å². The minimum absolute atomic E-state index is 0. The standard InChI is InChI=1S/C16H21N5.2ClH/c1-2-3-14(17)16-13-5-4-12(10-15(13)19-11-20-16)21-8-6-18-7-9-21;;/h4-5,10-11,17-18H,2-3,6-9H2,1H3;2*1H. The van der Waals surface area contributed by atoms with Gasteiger partial charge in [-0.05, 0) is 24.6 Å². The molecule has 3 rings (SSSR count). The van der Waals surface area contributed by atoms with Crippen molar-refractivity contribution in [3.05, 3.63) is 30.2 Å². The third-order valence-corrected chi connectivity index (χ3v) is 3.89. The van der Waals surface area contributed by atoms with E-state index in [0.717, 1.165) is 55.6 Å². The fraction of sp³-hybridized carbons (Fsp3) is 0.438. The molecular formula is C16H23Cl2N5. The van der Waals surface area contributed by atoms with Crippen molar-refractivity contribution >= 4 is 47.1 Å². The van der Waals surface area contributed by atoms with Crippen molar-refractivity contribution < 1.29 is 0 Å². The van der Waals surface area contributed by atoms with Crippen molar-refractivity contribution in [2.24, 2.45) is 0 Å². The summed E-state index contributed by atoms with van der Waals surface area (Å²) in [4.78, 5) is 11.1. The van der Waals surface area contributed by atoms with E-state index in [4.69, 9.17) is 5.41 Å². The van der Waals surface area contributed by atoms with Crippen LogP contribution in [0.3, 0.4) is 0 Å². The maximum atomic E-state index is 8.15. The molecule has 1 aliphatic rings. The van der Waals surface area contributed by atoms with Crippen molar-refractivity contribution in [3.63, 3.8) is 0 Å². The average Bonchev–Trinajstić information content (AvgIpc) is 2.55. The van der Waals surface area contributed by atoms with E-state index < -0.39 is 0 Å². The minimum Gasteiger partial charge on any atom is -0.369 e. The van der Waals surface area contributed by atoms with Crippen LogP contribution in [0.15, 0.2) is 24.5 Å². The summed E-state index contributed by atoms with van der Waals surface area (Å²) >= 11 is 0. The Labute approximate surface area is 149 Å². The van der Waals surface area contributed by atoms with E-state index in [9.17, 15) is 0 Å². The lowest BCUT2D eigenvalue weighted by molar-refractivity contribution is 0.589. The Morgan fingerprint density at radius 1 is 1.22 bits per heavy atom. The molecule has 1 saturated heterocycles. The number of piperazine rings is 1. The van der Waals surface area contributed by atoms with Gasteiger partial charge in [0.25, 0.3) is 0 Å². The third kappa shape index (κ3) is 4.31. The summed E-state index contributed by atoms with van der Waals surface area (Å²) in [5.74, 6) is 0. The molecule has 1 aliphatic heterocycles. The van der Waals surface area contributed by atoms with Gasteiger partial charge in [0.15, 0.2) is 0 Å². The number of fused-ring (bicyclic) bond motifs is 1. The SMILES string of the molecule is CCCC(=N)c1ncnc2cc(N3CCNCC3)ccc12.Cl.Cl.